The second-order valence-corrected chi connectivity index (χ2v) is 8.59. The van der Waals surface area contributed by atoms with Gasteiger partial charge in [0.1, 0.15) is 5.01 Å². The number of aliphatic hydroxyl groups excluding tert-OH is 1. The number of aromatic nitrogens is 1. The first-order valence-corrected chi connectivity index (χ1v) is 9.37. The molecule has 0 amide bonds. The van der Waals surface area contributed by atoms with Crippen molar-refractivity contribution in [2.45, 2.75) is 51.7 Å². The SMILES string of the molecule is CC(C)c1csc(CN2CCC3(CC2)CC(O)CN(C)C3)n1. The molecule has 124 valence electrons. The van der Waals surface area contributed by atoms with Crippen LogP contribution in [0.3, 0.4) is 0 Å². The first-order valence-electron chi connectivity index (χ1n) is 8.49. The third-order valence-corrected chi connectivity index (χ3v) is 6.08. The molecule has 1 spiro atoms. The van der Waals surface area contributed by atoms with Gasteiger partial charge >= 0.3 is 0 Å². The zero-order valence-corrected chi connectivity index (χ0v) is 14.9. The van der Waals surface area contributed by atoms with Crippen LogP contribution in [0.4, 0.5) is 0 Å². The van der Waals surface area contributed by atoms with Crippen LogP contribution in [0, 0.1) is 5.41 Å². The number of likely N-dealkylation sites (N-methyl/N-ethyl adjacent to an activating group) is 1. The number of piperidine rings is 2. The Balaban J connectivity index is 1.55. The minimum absolute atomic E-state index is 0.141. The highest BCUT2D eigenvalue weighted by Crippen LogP contribution is 2.39. The summed E-state index contributed by atoms with van der Waals surface area (Å²) in [6, 6.07) is 0. The first-order chi connectivity index (χ1) is 10.5. The van der Waals surface area contributed by atoms with E-state index in [9.17, 15) is 5.11 Å². The molecular formula is C17H29N3OS. The smallest absolute Gasteiger partial charge is 0.107 e. The molecule has 2 aliphatic heterocycles. The topological polar surface area (TPSA) is 39.6 Å². The number of nitrogens with zero attached hydrogens (tertiary/aromatic N) is 3. The van der Waals surface area contributed by atoms with Crippen molar-refractivity contribution in [3.8, 4) is 0 Å². The van der Waals surface area contributed by atoms with Gasteiger partial charge in [-0.25, -0.2) is 4.98 Å². The normalized spacial score (nSPS) is 26.9. The lowest BCUT2D eigenvalue weighted by atomic mass is 9.72. The highest BCUT2D eigenvalue weighted by atomic mass is 32.1. The van der Waals surface area contributed by atoms with Gasteiger partial charge in [-0.15, -0.1) is 11.3 Å². The molecule has 22 heavy (non-hydrogen) atoms. The molecule has 0 bridgehead atoms. The largest absolute Gasteiger partial charge is 0.392 e. The molecule has 1 aromatic heterocycles. The fourth-order valence-corrected chi connectivity index (χ4v) is 5.02. The van der Waals surface area contributed by atoms with Gasteiger partial charge in [-0.2, -0.15) is 0 Å². The van der Waals surface area contributed by atoms with E-state index < -0.39 is 0 Å². The van der Waals surface area contributed by atoms with Gasteiger partial charge in [0.05, 0.1) is 18.3 Å². The van der Waals surface area contributed by atoms with Crippen LogP contribution >= 0.6 is 11.3 Å². The van der Waals surface area contributed by atoms with E-state index in [0.717, 1.165) is 39.1 Å². The summed E-state index contributed by atoms with van der Waals surface area (Å²) in [6.07, 6.45) is 3.26. The summed E-state index contributed by atoms with van der Waals surface area (Å²) < 4.78 is 0. The average Bonchev–Trinajstić information content (AvgIpc) is 2.89. The van der Waals surface area contributed by atoms with Crippen LogP contribution in [0.5, 0.6) is 0 Å². The molecule has 0 radical (unpaired) electrons. The Morgan fingerprint density at radius 1 is 1.41 bits per heavy atom. The molecule has 0 saturated carbocycles. The fraction of sp³-hybridized carbons (Fsp3) is 0.824. The second-order valence-electron chi connectivity index (χ2n) is 7.65. The number of likely N-dealkylation sites (tertiary alicyclic amines) is 2. The van der Waals surface area contributed by atoms with Crippen molar-refractivity contribution in [2.75, 3.05) is 33.2 Å². The van der Waals surface area contributed by atoms with E-state index in [1.807, 2.05) is 0 Å². The van der Waals surface area contributed by atoms with E-state index in [4.69, 9.17) is 4.98 Å². The average molecular weight is 324 g/mol. The Labute approximate surface area is 138 Å². The van der Waals surface area contributed by atoms with E-state index >= 15 is 0 Å². The lowest BCUT2D eigenvalue weighted by Crippen LogP contribution is -2.52. The van der Waals surface area contributed by atoms with Crippen LogP contribution < -0.4 is 0 Å². The van der Waals surface area contributed by atoms with E-state index in [1.54, 1.807) is 11.3 Å². The second kappa shape index (κ2) is 6.56. The lowest BCUT2D eigenvalue weighted by Gasteiger charge is -2.48. The zero-order chi connectivity index (χ0) is 15.7. The Morgan fingerprint density at radius 2 is 2.14 bits per heavy atom. The van der Waals surface area contributed by atoms with Gasteiger partial charge < -0.3 is 10.0 Å². The number of hydrogen-bond donors (Lipinski definition) is 1. The van der Waals surface area contributed by atoms with Crippen molar-refractivity contribution in [3.05, 3.63) is 16.1 Å². The molecule has 2 fully saturated rings. The third kappa shape index (κ3) is 3.70. The van der Waals surface area contributed by atoms with E-state index in [1.165, 1.54) is 23.5 Å². The third-order valence-electron chi connectivity index (χ3n) is 5.23. The Bertz CT molecular complexity index is 482. The maximum atomic E-state index is 10.1. The molecule has 1 aromatic rings. The molecule has 1 atom stereocenters. The Morgan fingerprint density at radius 3 is 2.73 bits per heavy atom. The molecule has 2 saturated heterocycles. The summed E-state index contributed by atoms with van der Waals surface area (Å²) in [5.74, 6) is 0.522. The molecule has 3 heterocycles. The Kier molecular flexibility index (Phi) is 4.88. The maximum absolute atomic E-state index is 10.1. The summed E-state index contributed by atoms with van der Waals surface area (Å²) in [7, 11) is 2.14. The van der Waals surface area contributed by atoms with E-state index in [-0.39, 0.29) is 6.10 Å². The minimum atomic E-state index is -0.141. The van der Waals surface area contributed by atoms with Gasteiger partial charge in [-0.05, 0) is 50.7 Å². The van der Waals surface area contributed by atoms with Crippen LogP contribution in [-0.4, -0.2) is 59.2 Å². The summed E-state index contributed by atoms with van der Waals surface area (Å²) in [6.45, 7) is 9.65. The van der Waals surface area contributed by atoms with Gasteiger partial charge in [0.25, 0.3) is 0 Å². The molecule has 0 aromatic carbocycles. The van der Waals surface area contributed by atoms with Gasteiger partial charge in [0.2, 0.25) is 0 Å². The lowest BCUT2D eigenvalue weighted by molar-refractivity contribution is -0.0331. The Hall–Kier alpha value is -0.490. The number of aliphatic hydroxyl groups is 1. The van der Waals surface area contributed by atoms with Crippen LogP contribution in [-0.2, 0) is 6.54 Å². The van der Waals surface area contributed by atoms with Crippen molar-refractivity contribution in [3.63, 3.8) is 0 Å². The number of thiazole rings is 1. The van der Waals surface area contributed by atoms with Crippen molar-refractivity contribution < 1.29 is 5.11 Å². The first kappa shape index (κ1) is 16.4. The minimum Gasteiger partial charge on any atom is -0.392 e. The monoisotopic (exact) mass is 323 g/mol. The van der Waals surface area contributed by atoms with Gasteiger partial charge in [0, 0.05) is 18.5 Å². The number of rotatable bonds is 3. The zero-order valence-electron chi connectivity index (χ0n) is 14.1. The van der Waals surface area contributed by atoms with Gasteiger partial charge in [0.15, 0.2) is 0 Å². The number of hydrogen-bond acceptors (Lipinski definition) is 5. The maximum Gasteiger partial charge on any atom is 0.107 e. The van der Waals surface area contributed by atoms with Crippen molar-refractivity contribution in [2.24, 2.45) is 5.41 Å². The standard InChI is InChI=1S/C17H29N3OS/c1-13(2)15-11-22-16(18-15)10-20-6-4-17(5-7-20)8-14(21)9-19(3)12-17/h11,13-14,21H,4-10,12H2,1-3H3. The summed E-state index contributed by atoms with van der Waals surface area (Å²) in [5, 5.41) is 13.5. The molecule has 4 nitrogen and oxygen atoms in total. The van der Waals surface area contributed by atoms with Crippen molar-refractivity contribution >= 4 is 11.3 Å². The number of β-amino-alcohol motifs (C(OH)–C–C–N with tert-alkyl or cyclic N) is 1. The van der Waals surface area contributed by atoms with Crippen LogP contribution in [0.15, 0.2) is 5.38 Å². The van der Waals surface area contributed by atoms with Crippen molar-refractivity contribution in [1.29, 1.82) is 0 Å². The van der Waals surface area contributed by atoms with Crippen LogP contribution in [0.2, 0.25) is 0 Å². The van der Waals surface area contributed by atoms with E-state index in [2.05, 4.69) is 36.1 Å². The molecule has 2 aliphatic rings. The predicted octanol–water partition coefficient (Wildman–Crippen LogP) is 2.55. The van der Waals surface area contributed by atoms with E-state index in [0.29, 0.717) is 11.3 Å². The van der Waals surface area contributed by atoms with Gasteiger partial charge in [-0.3, -0.25) is 4.90 Å². The fourth-order valence-electron chi connectivity index (χ4n) is 4.03. The molecule has 0 aliphatic carbocycles. The molecule has 1 unspecified atom stereocenters. The molecule has 1 N–H and O–H groups in total. The van der Waals surface area contributed by atoms with Crippen LogP contribution in [0.25, 0.3) is 0 Å². The summed E-state index contributed by atoms with van der Waals surface area (Å²) >= 11 is 1.80. The summed E-state index contributed by atoms with van der Waals surface area (Å²) in [4.78, 5) is 9.60. The highest BCUT2D eigenvalue weighted by Gasteiger charge is 2.40. The molecule has 3 rings (SSSR count). The summed E-state index contributed by atoms with van der Waals surface area (Å²) in [5.41, 5.74) is 1.57. The van der Waals surface area contributed by atoms with Crippen LogP contribution in [0.1, 0.15) is 49.7 Å². The molecule has 5 heteroatoms. The van der Waals surface area contributed by atoms with Gasteiger partial charge in [-0.1, -0.05) is 13.8 Å². The highest BCUT2D eigenvalue weighted by molar-refractivity contribution is 7.09. The van der Waals surface area contributed by atoms with Crippen molar-refractivity contribution in [1.82, 2.24) is 14.8 Å². The molecular weight excluding hydrogens is 294 g/mol. The quantitative estimate of drug-likeness (QED) is 0.928. The predicted molar refractivity (Wildman–Crippen MR) is 91.3 cm³/mol.